The Hall–Kier alpha value is -3.20. The Labute approximate surface area is 217 Å². The molecular weight excluding hydrogens is 507 g/mol. The zero-order valence-electron chi connectivity index (χ0n) is 19.2. The molecule has 3 aromatic carbocycles. The summed E-state index contributed by atoms with van der Waals surface area (Å²) < 4.78 is 12.6. The number of aryl methyl sites for hydroxylation is 1. The van der Waals surface area contributed by atoms with E-state index in [9.17, 15) is 4.79 Å². The number of benzene rings is 3. The quantitative estimate of drug-likeness (QED) is 0.270. The third-order valence-electron chi connectivity index (χ3n) is 5.13. The van der Waals surface area contributed by atoms with Gasteiger partial charge in [0.2, 0.25) is 5.91 Å². The number of carbonyl (C=O) groups excluding carboxylic acids is 1. The molecule has 1 N–H and O–H groups in total. The second-order valence-electron chi connectivity index (χ2n) is 7.49. The third kappa shape index (κ3) is 5.73. The summed E-state index contributed by atoms with van der Waals surface area (Å²) in [4.78, 5) is 12.8. The van der Waals surface area contributed by atoms with E-state index >= 15 is 0 Å². The molecule has 7 nitrogen and oxygen atoms in total. The first kappa shape index (κ1) is 24.9. The van der Waals surface area contributed by atoms with Gasteiger partial charge in [0.15, 0.2) is 11.0 Å². The highest BCUT2D eigenvalue weighted by atomic mass is 35.5. The van der Waals surface area contributed by atoms with Crippen LogP contribution in [0.4, 0.5) is 5.69 Å². The van der Waals surface area contributed by atoms with Gasteiger partial charge in [0.1, 0.15) is 11.5 Å². The maximum Gasteiger partial charge on any atom is 0.234 e. The fraction of sp³-hybridized carbons (Fsp3) is 0.160. The lowest BCUT2D eigenvalue weighted by Gasteiger charge is -2.13. The summed E-state index contributed by atoms with van der Waals surface area (Å²) in [5.41, 5.74) is 3.02. The molecule has 1 aromatic heterocycles. The SMILES string of the molecule is COc1cccc(-c2nnc(SCC(=O)Nc3cc(C)c(Cl)cc3OC)n2-c2ccc(Cl)cc2)c1. The number of ether oxygens (including phenoxy) is 2. The summed E-state index contributed by atoms with van der Waals surface area (Å²) in [6.07, 6.45) is 0. The van der Waals surface area contributed by atoms with Crippen molar-refractivity contribution in [1.82, 2.24) is 14.8 Å². The van der Waals surface area contributed by atoms with Crippen molar-refractivity contribution in [3.63, 3.8) is 0 Å². The Balaban J connectivity index is 1.61. The van der Waals surface area contributed by atoms with Crippen LogP contribution in [0.15, 0.2) is 65.8 Å². The number of nitrogens with one attached hydrogen (secondary N) is 1. The van der Waals surface area contributed by atoms with E-state index in [1.165, 1.54) is 18.9 Å². The lowest BCUT2D eigenvalue weighted by atomic mass is 10.2. The van der Waals surface area contributed by atoms with Crippen molar-refractivity contribution in [3.8, 4) is 28.6 Å². The Morgan fingerprint density at radius 3 is 2.51 bits per heavy atom. The zero-order valence-corrected chi connectivity index (χ0v) is 21.5. The standard InChI is InChI=1S/C25H22Cl2N4O3S/c1-15-11-21(22(34-3)13-20(15)27)28-23(32)14-35-25-30-29-24(16-5-4-6-19(12-16)33-2)31(25)18-9-7-17(26)8-10-18/h4-13H,14H2,1-3H3,(H,28,32). The first-order chi connectivity index (χ1) is 16.9. The highest BCUT2D eigenvalue weighted by molar-refractivity contribution is 7.99. The number of amides is 1. The number of anilines is 1. The maximum absolute atomic E-state index is 12.8. The van der Waals surface area contributed by atoms with Crippen molar-refractivity contribution in [3.05, 3.63) is 76.3 Å². The topological polar surface area (TPSA) is 78.3 Å². The zero-order chi connectivity index (χ0) is 24.9. The number of thioether (sulfide) groups is 1. The third-order valence-corrected chi connectivity index (χ3v) is 6.72. The molecule has 0 aliphatic rings. The number of methoxy groups -OCH3 is 2. The van der Waals surface area contributed by atoms with Gasteiger partial charge in [0.25, 0.3) is 0 Å². The van der Waals surface area contributed by atoms with Crippen molar-refractivity contribution >= 4 is 46.6 Å². The minimum Gasteiger partial charge on any atom is -0.497 e. The molecule has 0 aliphatic heterocycles. The van der Waals surface area contributed by atoms with E-state index in [-0.39, 0.29) is 11.7 Å². The van der Waals surface area contributed by atoms with Crippen LogP contribution in [0.5, 0.6) is 11.5 Å². The van der Waals surface area contributed by atoms with Gasteiger partial charge < -0.3 is 14.8 Å². The molecule has 1 heterocycles. The number of halogens is 2. The van der Waals surface area contributed by atoms with E-state index in [1.54, 1.807) is 31.4 Å². The van der Waals surface area contributed by atoms with Crippen LogP contribution in [0.2, 0.25) is 10.0 Å². The molecule has 0 spiro atoms. The molecule has 0 fully saturated rings. The van der Waals surface area contributed by atoms with E-state index in [1.807, 2.05) is 47.9 Å². The first-order valence-corrected chi connectivity index (χ1v) is 12.3. The smallest absolute Gasteiger partial charge is 0.234 e. The fourth-order valence-electron chi connectivity index (χ4n) is 3.38. The summed E-state index contributed by atoms with van der Waals surface area (Å²) >= 11 is 13.5. The summed E-state index contributed by atoms with van der Waals surface area (Å²) in [6.45, 7) is 1.86. The molecule has 10 heteroatoms. The van der Waals surface area contributed by atoms with E-state index in [2.05, 4.69) is 15.5 Å². The average Bonchev–Trinajstić information content (AvgIpc) is 3.29. The fourth-order valence-corrected chi connectivity index (χ4v) is 4.41. The molecule has 35 heavy (non-hydrogen) atoms. The molecule has 4 rings (SSSR count). The summed E-state index contributed by atoms with van der Waals surface area (Å²) in [5, 5.41) is 13.4. The second kappa shape index (κ2) is 11.0. The van der Waals surface area contributed by atoms with E-state index in [0.29, 0.717) is 38.2 Å². The molecule has 1 amide bonds. The molecule has 0 radical (unpaired) electrons. The van der Waals surface area contributed by atoms with Crippen molar-refractivity contribution in [2.75, 3.05) is 25.3 Å². The number of nitrogens with zero attached hydrogens (tertiary/aromatic N) is 3. The van der Waals surface area contributed by atoms with Gasteiger partial charge in [-0.1, -0.05) is 47.1 Å². The molecule has 0 aliphatic carbocycles. The van der Waals surface area contributed by atoms with Gasteiger partial charge in [-0.2, -0.15) is 0 Å². The van der Waals surface area contributed by atoms with Crippen LogP contribution in [0.25, 0.3) is 17.1 Å². The average molecular weight is 529 g/mol. The van der Waals surface area contributed by atoms with Gasteiger partial charge in [-0.05, 0) is 55.0 Å². The second-order valence-corrected chi connectivity index (χ2v) is 9.27. The number of aromatic nitrogens is 3. The van der Waals surface area contributed by atoms with Crippen LogP contribution in [-0.4, -0.2) is 40.6 Å². The Bertz CT molecular complexity index is 1360. The largest absolute Gasteiger partial charge is 0.497 e. The van der Waals surface area contributed by atoms with Crippen molar-refractivity contribution in [2.24, 2.45) is 0 Å². The lowest BCUT2D eigenvalue weighted by molar-refractivity contribution is -0.113. The maximum atomic E-state index is 12.8. The monoisotopic (exact) mass is 528 g/mol. The molecule has 180 valence electrons. The number of carbonyl (C=O) groups is 1. The van der Waals surface area contributed by atoms with E-state index in [4.69, 9.17) is 32.7 Å². The van der Waals surface area contributed by atoms with E-state index in [0.717, 1.165) is 16.8 Å². The van der Waals surface area contributed by atoms with Gasteiger partial charge in [-0.3, -0.25) is 9.36 Å². The number of hydrogen-bond acceptors (Lipinski definition) is 6. The van der Waals surface area contributed by atoms with Crippen molar-refractivity contribution < 1.29 is 14.3 Å². The molecule has 0 atom stereocenters. The molecule has 0 saturated carbocycles. The molecule has 0 unspecified atom stereocenters. The Kier molecular flexibility index (Phi) is 7.85. The highest BCUT2D eigenvalue weighted by Crippen LogP contribution is 2.32. The predicted octanol–water partition coefficient (Wildman–Crippen LogP) is 6.30. The number of rotatable bonds is 8. The van der Waals surface area contributed by atoms with Crippen LogP contribution in [-0.2, 0) is 4.79 Å². The van der Waals surface area contributed by atoms with Gasteiger partial charge in [-0.25, -0.2) is 0 Å². The molecule has 4 aromatic rings. The highest BCUT2D eigenvalue weighted by Gasteiger charge is 2.18. The summed E-state index contributed by atoms with van der Waals surface area (Å²) in [7, 11) is 3.14. The van der Waals surface area contributed by atoms with Crippen molar-refractivity contribution in [2.45, 2.75) is 12.1 Å². The van der Waals surface area contributed by atoms with Gasteiger partial charge >= 0.3 is 0 Å². The Morgan fingerprint density at radius 1 is 1.03 bits per heavy atom. The van der Waals surface area contributed by atoms with Gasteiger partial charge in [0.05, 0.1) is 25.7 Å². The minimum absolute atomic E-state index is 0.106. The molecule has 0 saturated heterocycles. The number of hydrogen-bond donors (Lipinski definition) is 1. The summed E-state index contributed by atoms with van der Waals surface area (Å²) in [5.74, 6) is 1.69. The van der Waals surface area contributed by atoms with E-state index < -0.39 is 0 Å². The van der Waals surface area contributed by atoms with Crippen LogP contribution < -0.4 is 14.8 Å². The van der Waals surface area contributed by atoms with Crippen LogP contribution in [0.1, 0.15) is 5.56 Å². The first-order valence-electron chi connectivity index (χ1n) is 10.5. The molecule has 0 bridgehead atoms. The predicted molar refractivity (Wildman–Crippen MR) is 140 cm³/mol. The molecular formula is C25H22Cl2N4O3S. The normalized spacial score (nSPS) is 10.8. The van der Waals surface area contributed by atoms with Crippen LogP contribution in [0, 0.1) is 6.92 Å². The van der Waals surface area contributed by atoms with Gasteiger partial charge in [0, 0.05) is 27.4 Å². The Morgan fingerprint density at radius 2 is 1.80 bits per heavy atom. The van der Waals surface area contributed by atoms with Crippen LogP contribution in [0.3, 0.4) is 0 Å². The minimum atomic E-state index is -0.219. The van der Waals surface area contributed by atoms with Crippen molar-refractivity contribution in [1.29, 1.82) is 0 Å². The van der Waals surface area contributed by atoms with Gasteiger partial charge in [-0.15, -0.1) is 10.2 Å². The van der Waals surface area contributed by atoms with Crippen LogP contribution >= 0.6 is 35.0 Å². The summed E-state index contributed by atoms with van der Waals surface area (Å²) in [6, 6.07) is 18.4. The lowest BCUT2D eigenvalue weighted by Crippen LogP contribution is -2.15.